The normalized spacial score (nSPS) is 19.4. The number of nitrogens with zero attached hydrogens (tertiary/aromatic N) is 3. The first kappa shape index (κ1) is 26.5. The predicted octanol–water partition coefficient (Wildman–Crippen LogP) is 5.34. The van der Waals surface area contributed by atoms with Crippen molar-refractivity contribution < 1.29 is 19.7 Å². The molecular weight excluding hydrogens is 474 g/mol. The number of rotatable bonds is 13. The third kappa shape index (κ3) is 7.24. The molecule has 0 bridgehead atoms. The lowest BCUT2D eigenvalue weighted by Gasteiger charge is -2.39. The van der Waals surface area contributed by atoms with Gasteiger partial charge in [-0.15, -0.1) is 11.3 Å². The Morgan fingerprint density at radius 3 is 2.86 bits per heavy atom. The highest BCUT2D eigenvalue weighted by atomic mass is 32.1. The molecule has 4 rings (SSSR count). The summed E-state index contributed by atoms with van der Waals surface area (Å²) in [6, 6.07) is 7.62. The number of aliphatic hydroxyl groups excluding tert-OH is 1. The Kier molecular flexibility index (Phi) is 9.67. The number of hydrogen-bond acceptors (Lipinski definition) is 7. The summed E-state index contributed by atoms with van der Waals surface area (Å²) in [5.74, 6) is 0.784. The van der Waals surface area contributed by atoms with Crippen molar-refractivity contribution >= 4 is 28.2 Å². The maximum atomic E-state index is 11.3. The summed E-state index contributed by atoms with van der Waals surface area (Å²) in [6.07, 6.45) is 9.80. The van der Waals surface area contributed by atoms with Gasteiger partial charge in [-0.05, 0) is 99.7 Å². The van der Waals surface area contributed by atoms with Crippen LogP contribution in [0.4, 0.5) is 0 Å². The molecule has 7 nitrogen and oxygen atoms in total. The van der Waals surface area contributed by atoms with E-state index in [4.69, 9.17) is 4.74 Å². The fraction of sp³-hybridized carbons (Fsp3) is 0.536. The minimum absolute atomic E-state index is 0.205. The Labute approximate surface area is 217 Å². The van der Waals surface area contributed by atoms with Crippen LogP contribution >= 0.6 is 11.3 Å². The van der Waals surface area contributed by atoms with Crippen LogP contribution in [0.25, 0.3) is 10.9 Å². The number of likely N-dealkylation sites (tertiary alicyclic amines) is 1. The van der Waals surface area contributed by atoms with Gasteiger partial charge in [-0.25, -0.2) is 4.98 Å². The lowest BCUT2D eigenvalue weighted by molar-refractivity contribution is -0.137. The molecule has 3 heterocycles. The molecule has 1 aromatic carbocycles. The molecule has 2 N–H and O–H groups in total. The van der Waals surface area contributed by atoms with Gasteiger partial charge in [0, 0.05) is 36.1 Å². The molecule has 0 saturated carbocycles. The maximum absolute atomic E-state index is 11.3. The van der Waals surface area contributed by atoms with E-state index in [9.17, 15) is 15.0 Å². The first-order chi connectivity index (χ1) is 17.5. The predicted molar refractivity (Wildman–Crippen MR) is 142 cm³/mol. The van der Waals surface area contributed by atoms with Crippen molar-refractivity contribution in [1.29, 1.82) is 0 Å². The number of carboxylic acids is 1. The number of aliphatic hydroxyl groups is 1. The van der Waals surface area contributed by atoms with Crippen LogP contribution in [0.5, 0.6) is 5.75 Å². The zero-order valence-corrected chi connectivity index (χ0v) is 21.8. The number of ether oxygens (including phenoxy) is 1. The van der Waals surface area contributed by atoms with Gasteiger partial charge in [0.2, 0.25) is 0 Å². The molecule has 0 spiro atoms. The van der Waals surface area contributed by atoms with Crippen molar-refractivity contribution in [2.24, 2.45) is 11.8 Å². The summed E-state index contributed by atoms with van der Waals surface area (Å²) < 4.78 is 5.37. The second-order valence-corrected chi connectivity index (χ2v) is 10.8. The molecule has 1 fully saturated rings. The minimum Gasteiger partial charge on any atom is -0.497 e. The molecule has 36 heavy (non-hydrogen) atoms. The maximum Gasteiger partial charge on any atom is 0.303 e. The summed E-state index contributed by atoms with van der Waals surface area (Å²) in [5.41, 5.74) is 1.72. The summed E-state index contributed by atoms with van der Waals surface area (Å²) in [5, 5.41) is 24.6. The van der Waals surface area contributed by atoms with Gasteiger partial charge >= 0.3 is 5.97 Å². The van der Waals surface area contributed by atoms with Crippen molar-refractivity contribution in [3.8, 4) is 5.75 Å². The highest BCUT2D eigenvalue weighted by molar-refractivity contribution is 7.09. The Morgan fingerprint density at radius 2 is 2.08 bits per heavy atom. The second-order valence-electron chi connectivity index (χ2n) is 9.80. The number of benzene rings is 1. The van der Waals surface area contributed by atoms with Crippen molar-refractivity contribution in [3.63, 3.8) is 0 Å². The zero-order chi connectivity index (χ0) is 25.3. The van der Waals surface area contributed by atoms with Crippen LogP contribution in [0.15, 0.2) is 42.0 Å². The smallest absolute Gasteiger partial charge is 0.303 e. The number of carboxylic acid groups (broad SMARTS) is 1. The second kappa shape index (κ2) is 13.1. The summed E-state index contributed by atoms with van der Waals surface area (Å²) >= 11 is 1.72. The quantitative estimate of drug-likeness (QED) is 0.299. The number of fused-ring (bicyclic) bond motifs is 1. The topological polar surface area (TPSA) is 95.8 Å². The molecule has 1 unspecified atom stereocenters. The highest BCUT2D eigenvalue weighted by Gasteiger charge is 2.30. The van der Waals surface area contributed by atoms with E-state index in [2.05, 4.69) is 14.9 Å². The number of aryl methyl sites for hydroxylation is 1. The summed E-state index contributed by atoms with van der Waals surface area (Å²) in [4.78, 5) is 22.6. The van der Waals surface area contributed by atoms with E-state index in [-0.39, 0.29) is 6.42 Å². The van der Waals surface area contributed by atoms with Gasteiger partial charge in [0.25, 0.3) is 0 Å². The van der Waals surface area contributed by atoms with Crippen molar-refractivity contribution in [2.75, 3.05) is 26.7 Å². The molecule has 1 saturated heterocycles. The van der Waals surface area contributed by atoms with Crippen molar-refractivity contribution in [2.45, 2.75) is 57.5 Å². The third-order valence-electron chi connectivity index (χ3n) is 7.46. The molecule has 2 aromatic heterocycles. The number of methoxy groups -OCH3 is 1. The third-order valence-corrected chi connectivity index (χ3v) is 8.29. The first-order valence-electron chi connectivity index (χ1n) is 13.0. The number of aliphatic carboxylic acids is 1. The summed E-state index contributed by atoms with van der Waals surface area (Å²) in [6.45, 7) is 3.03. The van der Waals surface area contributed by atoms with E-state index in [1.807, 2.05) is 35.8 Å². The lowest BCUT2D eigenvalue weighted by atomic mass is 9.79. The van der Waals surface area contributed by atoms with Gasteiger partial charge in [0.1, 0.15) is 5.75 Å². The van der Waals surface area contributed by atoms with Crippen LogP contribution in [0, 0.1) is 11.8 Å². The largest absolute Gasteiger partial charge is 0.497 e. The van der Waals surface area contributed by atoms with Crippen LogP contribution in [0.3, 0.4) is 0 Å². The standard InChI is InChI=1S/C28H37N3O4S/c1-35-22-7-8-25-24(18-22)23(11-13-29-25)26(32)9-5-20-12-16-31(19-21(20)6-10-28(33)34)15-3-2-4-27-30-14-17-36-27/h7-8,11,13-14,17-18,20-21,26,32H,2-6,9-10,12,15-16,19H2,1H3,(H,33,34)/t20-,21+,26?/m1/s1. The Bertz CT molecular complexity index is 1110. The molecule has 0 amide bonds. The van der Waals surface area contributed by atoms with Crippen LogP contribution in [0.1, 0.15) is 61.6 Å². The summed E-state index contributed by atoms with van der Waals surface area (Å²) in [7, 11) is 1.64. The van der Waals surface area contributed by atoms with Crippen molar-refractivity contribution in [3.05, 3.63) is 52.6 Å². The average Bonchev–Trinajstić information content (AvgIpc) is 3.42. The zero-order valence-electron chi connectivity index (χ0n) is 21.0. The number of carbonyl (C=O) groups is 1. The average molecular weight is 512 g/mol. The van der Waals surface area contributed by atoms with E-state index in [0.29, 0.717) is 24.7 Å². The number of hydrogen-bond donors (Lipinski definition) is 2. The minimum atomic E-state index is -0.730. The molecular formula is C28H37N3O4S. The fourth-order valence-corrected chi connectivity index (χ4v) is 6.12. The molecule has 8 heteroatoms. The Morgan fingerprint density at radius 1 is 1.19 bits per heavy atom. The Hall–Kier alpha value is -2.55. The van der Waals surface area contributed by atoms with E-state index in [0.717, 1.165) is 74.0 Å². The van der Waals surface area contributed by atoms with Gasteiger partial charge < -0.3 is 19.8 Å². The molecule has 0 aliphatic carbocycles. The number of piperidine rings is 1. The Balaban J connectivity index is 1.33. The SMILES string of the molecule is COc1ccc2nccc(C(O)CC[C@@H]3CCN(CCCCc4nccs4)C[C@@H]3CCC(=O)O)c2c1. The monoisotopic (exact) mass is 511 g/mol. The van der Waals surface area contributed by atoms with Gasteiger partial charge in [-0.1, -0.05) is 0 Å². The number of thiazole rings is 1. The van der Waals surface area contributed by atoms with E-state index < -0.39 is 12.1 Å². The van der Waals surface area contributed by atoms with E-state index in [1.165, 1.54) is 5.01 Å². The fourth-order valence-electron chi connectivity index (χ4n) is 5.45. The van der Waals surface area contributed by atoms with E-state index in [1.54, 1.807) is 24.6 Å². The van der Waals surface area contributed by atoms with Crippen LogP contribution in [0.2, 0.25) is 0 Å². The van der Waals surface area contributed by atoms with Gasteiger partial charge in [-0.2, -0.15) is 0 Å². The lowest BCUT2D eigenvalue weighted by Crippen LogP contribution is -2.41. The molecule has 0 radical (unpaired) electrons. The molecule has 194 valence electrons. The molecule has 3 aromatic rings. The number of aromatic nitrogens is 2. The number of pyridine rings is 1. The molecule has 1 aliphatic rings. The van der Waals surface area contributed by atoms with Crippen LogP contribution < -0.4 is 4.74 Å². The molecule has 1 aliphatic heterocycles. The highest BCUT2D eigenvalue weighted by Crippen LogP contribution is 2.35. The van der Waals surface area contributed by atoms with Gasteiger partial charge in [0.05, 0.1) is 23.7 Å². The van der Waals surface area contributed by atoms with Crippen LogP contribution in [-0.2, 0) is 11.2 Å². The van der Waals surface area contributed by atoms with Crippen molar-refractivity contribution in [1.82, 2.24) is 14.9 Å². The van der Waals surface area contributed by atoms with Gasteiger partial charge in [-0.3, -0.25) is 9.78 Å². The van der Waals surface area contributed by atoms with Crippen LogP contribution in [-0.4, -0.2) is 57.8 Å². The van der Waals surface area contributed by atoms with E-state index >= 15 is 0 Å². The number of unbranched alkanes of at least 4 members (excludes halogenated alkanes) is 1. The van der Waals surface area contributed by atoms with Gasteiger partial charge in [0.15, 0.2) is 0 Å². The first-order valence-corrected chi connectivity index (χ1v) is 13.8. The molecule has 3 atom stereocenters.